The van der Waals surface area contributed by atoms with Gasteiger partial charge in [0.1, 0.15) is 12.1 Å². The molecular formula is C17H25IN6S. The number of aliphatic imine (C=N–C) groups is 1. The van der Waals surface area contributed by atoms with E-state index >= 15 is 0 Å². The first-order valence-electron chi connectivity index (χ1n) is 8.11. The third-order valence-electron chi connectivity index (χ3n) is 3.99. The largest absolute Gasteiger partial charge is 0.352 e. The molecule has 2 aromatic rings. The van der Waals surface area contributed by atoms with E-state index in [9.17, 15) is 0 Å². The SMILES string of the molecule is CN=C(NCc1cccnc1-n1ccnc1)N1CCSC(C)(C)C1.I. The van der Waals surface area contributed by atoms with Gasteiger partial charge in [0, 0.05) is 61.3 Å². The molecule has 1 aliphatic rings. The summed E-state index contributed by atoms with van der Waals surface area (Å²) in [6.45, 7) is 7.27. The Bertz CT molecular complexity index is 701. The Labute approximate surface area is 170 Å². The summed E-state index contributed by atoms with van der Waals surface area (Å²) in [6, 6.07) is 4.04. The van der Waals surface area contributed by atoms with Crippen molar-refractivity contribution in [3.8, 4) is 5.82 Å². The molecular weight excluding hydrogens is 447 g/mol. The lowest BCUT2D eigenvalue weighted by molar-refractivity contribution is 0.375. The molecule has 136 valence electrons. The van der Waals surface area contributed by atoms with E-state index < -0.39 is 0 Å². The Hall–Kier alpha value is -1.29. The van der Waals surface area contributed by atoms with Crippen molar-refractivity contribution in [1.29, 1.82) is 0 Å². The van der Waals surface area contributed by atoms with Gasteiger partial charge in [0.25, 0.3) is 0 Å². The first kappa shape index (κ1) is 20.0. The molecule has 0 radical (unpaired) electrons. The number of thioether (sulfide) groups is 1. The first-order valence-corrected chi connectivity index (χ1v) is 9.09. The standard InChI is InChI=1S/C17H24N6S.HI/c1-17(2)12-22(9-10-24-17)16(18-3)21-11-14-5-4-6-20-15(14)23-8-7-19-13-23;/h4-8,13H,9-12H2,1-3H3,(H,18,21);1H. The minimum atomic E-state index is 0. The molecule has 0 unspecified atom stereocenters. The maximum absolute atomic E-state index is 4.49. The smallest absolute Gasteiger partial charge is 0.193 e. The molecule has 0 bridgehead atoms. The molecule has 8 heteroatoms. The summed E-state index contributed by atoms with van der Waals surface area (Å²) in [5.41, 5.74) is 1.11. The van der Waals surface area contributed by atoms with Gasteiger partial charge < -0.3 is 10.2 Å². The molecule has 0 aliphatic carbocycles. The van der Waals surface area contributed by atoms with Crippen molar-refractivity contribution in [2.45, 2.75) is 25.1 Å². The Morgan fingerprint density at radius 3 is 2.92 bits per heavy atom. The van der Waals surface area contributed by atoms with Gasteiger partial charge in [-0.05, 0) is 19.9 Å². The highest BCUT2D eigenvalue weighted by Gasteiger charge is 2.28. The van der Waals surface area contributed by atoms with E-state index in [1.807, 2.05) is 35.6 Å². The van der Waals surface area contributed by atoms with Gasteiger partial charge in [0.05, 0.1) is 0 Å². The van der Waals surface area contributed by atoms with Crippen molar-refractivity contribution < 1.29 is 0 Å². The van der Waals surface area contributed by atoms with Crippen LogP contribution in [-0.2, 0) is 6.54 Å². The summed E-state index contributed by atoms with van der Waals surface area (Å²) in [6.07, 6.45) is 7.24. The summed E-state index contributed by atoms with van der Waals surface area (Å²) in [5, 5.41) is 3.49. The van der Waals surface area contributed by atoms with Gasteiger partial charge in [-0.3, -0.25) is 9.56 Å². The van der Waals surface area contributed by atoms with Crippen molar-refractivity contribution >= 4 is 41.7 Å². The average molecular weight is 472 g/mol. The highest BCUT2D eigenvalue weighted by atomic mass is 127. The zero-order valence-electron chi connectivity index (χ0n) is 14.8. The van der Waals surface area contributed by atoms with Gasteiger partial charge in [0.2, 0.25) is 0 Å². The number of hydrogen-bond donors (Lipinski definition) is 1. The second-order valence-corrected chi connectivity index (χ2v) is 8.19. The van der Waals surface area contributed by atoms with E-state index in [4.69, 9.17) is 0 Å². The van der Waals surface area contributed by atoms with Crippen molar-refractivity contribution in [3.05, 3.63) is 42.6 Å². The fourth-order valence-corrected chi connectivity index (χ4v) is 4.00. The van der Waals surface area contributed by atoms with Crippen molar-refractivity contribution in [3.63, 3.8) is 0 Å². The Balaban J connectivity index is 0.00000225. The molecule has 25 heavy (non-hydrogen) atoms. The molecule has 0 atom stereocenters. The van der Waals surface area contributed by atoms with Crippen LogP contribution in [0.15, 0.2) is 42.0 Å². The summed E-state index contributed by atoms with van der Waals surface area (Å²) in [4.78, 5) is 15.4. The van der Waals surface area contributed by atoms with Crippen LogP contribution in [0.5, 0.6) is 0 Å². The topological polar surface area (TPSA) is 58.3 Å². The molecule has 1 aliphatic heterocycles. The maximum atomic E-state index is 4.49. The zero-order chi connectivity index (χ0) is 17.0. The van der Waals surface area contributed by atoms with Gasteiger partial charge in [-0.2, -0.15) is 11.8 Å². The second-order valence-electron chi connectivity index (χ2n) is 6.39. The lowest BCUT2D eigenvalue weighted by Crippen LogP contribution is -2.50. The molecule has 0 amide bonds. The van der Waals surface area contributed by atoms with E-state index in [0.29, 0.717) is 6.54 Å². The summed E-state index contributed by atoms with van der Waals surface area (Å²) < 4.78 is 2.19. The zero-order valence-corrected chi connectivity index (χ0v) is 18.0. The summed E-state index contributed by atoms with van der Waals surface area (Å²) >= 11 is 2.02. The molecule has 2 aromatic heterocycles. The highest BCUT2D eigenvalue weighted by Crippen LogP contribution is 2.29. The minimum absolute atomic E-state index is 0. The van der Waals surface area contributed by atoms with E-state index in [1.54, 1.807) is 18.7 Å². The average Bonchev–Trinajstić information content (AvgIpc) is 3.09. The summed E-state index contributed by atoms with van der Waals surface area (Å²) in [5.74, 6) is 2.97. The van der Waals surface area contributed by atoms with Crippen molar-refractivity contribution in [2.75, 3.05) is 25.9 Å². The van der Waals surface area contributed by atoms with Crippen LogP contribution in [0.3, 0.4) is 0 Å². The van der Waals surface area contributed by atoms with Gasteiger partial charge in [-0.1, -0.05) is 6.07 Å². The number of rotatable bonds is 3. The van der Waals surface area contributed by atoms with Crippen molar-refractivity contribution in [1.82, 2.24) is 24.8 Å². The molecule has 3 heterocycles. The molecule has 1 fully saturated rings. The minimum Gasteiger partial charge on any atom is -0.352 e. The van der Waals surface area contributed by atoms with Gasteiger partial charge in [0.15, 0.2) is 5.96 Å². The first-order chi connectivity index (χ1) is 11.6. The second kappa shape index (κ2) is 8.88. The molecule has 1 N–H and O–H groups in total. The van der Waals surface area contributed by atoms with Crippen LogP contribution in [-0.4, -0.2) is 56.0 Å². The number of nitrogens with one attached hydrogen (secondary N) is 1. The van der Waals surface area contributed by atoms with E-state index in [-0.39, 0.29) is 28.7 Å². The number of halogens is 1. The van der Waals surface area contributed by atoms with Crippen LogP contribution in [0.2, 0.25) is 0 Å². The molecule has 1 saturated heterocycles. The number of aromatic nitrogens is 3. The third kappa shape index (κ3) is 5.10. The van der Waals surface area contributed by atoms with Gasteiger partial charge >= 0.3 is 0 Å². The van der Waals surface area contributed by atoms with Crippen LogP contribution in [0, 0.1) is 0 Å². The molecule has 3 rings (SSSR count). The maximum Gasteiger partial charge on any atom is 0.193 e. The molecule has 0 aromatic carbocycles. The number of hydrogen-bond acceptors (Lipinski definition) is 4. The predicted octanol–water partition coefficient (Wildman–Crippen LogP) is 2.79. The summed E-state index contributed by atoms with van der Waals surface area (Å²) in [7, 11) is 1.84. The fourth-order valence-electron chi connectivity index (χ4n) is 2.89. The fraction of sp³-hybridized carbons (Fsp3) is 0.471. The number of pyridine rings is 1. The quantitative estimate of drug-likeness (QED) is 0.423. The Kier molecular flexibility index (Phi) is 7.12. The number of imidazole rings is 1. The van der Waals surface area contributed by atoms with E-state index in [2.05, 4.69) is 45.1 Å². The van der Waals surface area contributed by atoms with E-state index in [1.165, 1.54) is 0 Å². The van der Waals surface area contributed by atoms with Crippen LogP contribution < -0.4 is 5.32 Å². The third-order valence-corrected chi connectivity index (χ3v) is 5.29. The number of guanidine groups is 1. The predicted molar refractivity (Wildman–Crippen MR) is 115 cm³/mol. The highest BCUT2D eigenvalue weighted by molar-refractivity contribution is 14.0. The van der Waals surface area contributed by atoms with Crippen molar-refractivity contribution in [2.24, 2.45) is 4.99 Å². The molecule has 0 spiro atoms. The van der Waals surface area contributed by atoms with Crippen LogP contribution >= 0.6 is 35.7 Å². The van der Waals surface area contributed by atoms with Gasteiger partial charge in [-0.15, -0.1) is 24.0 Å². The number of nitrogens with zero attached hydrogens (tertiary/aromatic N) is 5. The molecule has 0 saturated carbocycles. The normalized spacial score (nSPS) is 17.1. The van der Waals surface area contributed by atoms with Gasteiger partial charge in [-0.25, -0.2) is 9.97 Å². The lowest BCUT2D eigenvalue weighted by Gasteiger charge is -2.39. The Morgan fingerprint density at radius 1 is 1.40 bits per heavy atom. The van der Waals surface area contributed by atoms with Crippen LogP contribution in [0.25, 0.3) is 5.82 Å². The van der Waals surface area contributed by atoms with E-state index in [0.717, 1.165) is 36.2 Å². The lowest BCUT2D eigenvalue weighted by atomic mass is 10.2. The van der Waals surface area contributed by atoms with Crippen LogP contribution in [0.4, 0.5) is 0 Å². The van der Waals surface area contributed by atoms with Crippen LogP contribution in [0.1, 0.15) is 19.4 Å². The Morgan fingerprint density at radius 2 is 2.24 bits per heavy atom. The molecule has 6 nitrogen and oxygen atoms in total. The monoisotopic (exact) mass is 472 g/mol.